The highest BCUT2D eigenvalue weighted by Crippen LogP contribution is 2.27. The lowest BCUT2D eigenvalue weighted by atomic mass is 10.2. The van der Waals surface area contributed by atoms with Gasteiger partial charge in [-0.2, -0.15) is 0 Å². The maximum absolute atomic E-state index is 12.2. The van der Waals surface area contributed by atoms with Crippen molar-refractivity contribution in [2.24, 2.45) is 0 Å². The molecule has 0 aliphatic rings. The Labute approximate surface area is 149 Å². The van der Waals surface area contributed by atoms with Crippen molar-refractivity contribution in [2.75, 3.05) is 11.9 Å². The van der Waals surface area contributed by atoms with Crippen molar-refractivity contribution in [2.45, 2.75) is 20.3 Å². The summed E-state index contributed by atoms with van der Waals surface area (Å²) in [5.74, 6) is 0.754. The standard InChI is InChI=1S/C18H18N2O2S2/c1-3-9-22-14-6-4-13(5-7-14)15-11-24-18(19-15)20-17(21)16-12(2)8-10-23-16/h4-8,10-11H,3,9H2,1-2H3,(H,19,20,21). The average molecular weight is 358 g/mol. The van der Waals surface area contributed by atoms with Crippen LogP contribution < -0.4 is 10.1 Å². The van der Waals surface area contributed by atoms with E-state index in [0.29, 0.717) is 11.7 Å². The number of nitrogens with zero attached hydrogens (tertiary/aromatic N) is 1. The summed E-state index contributed by atoms with van der Waals surface area (Å²) in [6.07, 6.45) is 0.987. The molecule has 0 bridgehead atoms. The van der Waals surface area contributed by atoms with Crippen molar-refractivity contribution in [1.29, 1.82) is 0 Å². The first-order valence-corrected chi connectivity index (χ1v) is 9.47. The van der Waals surface area contributed by atoms with Gasteiger partial charge in [0, 0.05) is 10.9 Å². The van der Waals surface area contributed by atoms with E-state index in [2.05, 4.69) is 17.2 Å². The molecule has 0 radical (unpaired) electrons. The van der Waals surface area contributed by atoms with Gasteiger partial charge in [0.2, 0.25) is 0 Å². The molecule has 0 fully saturated rings. The van der Waals surface area contributed by atoms with E-state index in [4.69, 9.17) is 4.74 Å². The van der Waals surface area contributed by atoms with Gasteiger partial charge in [0.15, 0.2) is 5.13 Å². The second-order valence-electron chi connectivity index (χ2n) is 5.30. The van der Waals surface area contributed by atoms with Crippen molar-refractivity contribution < 1.29 is 9.53 Å². The van der Waals surface area contributed by atoms with Crippen LogP contribution in [0.4, 0.5) is 5.13 Å². The van der Waals surface area contributed by atoms with Crippen LogP contribution in [0, 0.1) is 6.92 Å². The van der Waals surface area contributed by atoms with Gasteiger partial charge in [-0.25, -0.2) is 4.98 Å². The predicted molar refractivity (Wildman–Crippen MR) is 100 cm³/mol. The number of amides is 1. The summed E-state index contributed by atoms with van der Waals surface area (Å²) < 4.78 is 5.58. The zero-order chi connectivity index (χ0) is 16.9. The van der Waals surface area contributed by atoms with Gasteiger partial charge in [0.1, 0.15) is 5.75 Å². The highest BCUT2D eigenvalue weighted by molar-refractivity contribution is 7.14. The van der Waals surface area contributed by atoms with E-state index in [1.54, 1.807) is 0 Å². The summed E-state index contributed by atoms with van der Waals surface area (Å²) in [5, 5.41) is 7.33. The first kappa shape index (κ1) is 16.7. The molecule has 1 aromatic carbocycles. The molecular weight excluding hydrogens is 340 g/mol. The fourth-order valence-corrected chi connectivity index (χ4v) is 3.70. The summed E-state index contributed by atoms with van der Waals surface area (Å²) in [5.41, 5.74) is 2.83. The molecule has 24 heavy (non-hydrogen) atoms. The normalized spacial score (nSPS) is 10.6. The number of nitrogens with one attached hydrogen (secondary N) is 1. The molecule has 1 N–H and O–H groups in total. The Bertz CT molecular complexity index is 822. The van der Waals surface area contributed by atoms with Crippen LogP contribution in [0.1, 0.15) is 28.6 Å². The van der Waals surface area contributed by atoms with Crippen LogP contribution in [0.25, 0.3) is 11.3 Å². The summed E-state index contributed by atoms with van der Waals surface area (Å²) in [6, 6.07) is 9.79. The van der Waals surface area contributed by atoms with Crippen molar-refractivity contribution in [3.63, 3.8) is 0 Å². The van der Waals surface area contributed by atoms with Crippen molar-refractivity contribution in [1.82, 2.24) is 4.98 Å². The van der Waals surface area contributed by atoms with E-state index >= 15 is 0 Å². The van der Waals surface area contributed by atoms with E-state index < -0.39 is 0 Å². The molecule has 3 rings (SSSR count). The minimum atomic E-state index is -0.105. The van der Waals surface area contributed by atoms with Crippen LogP contribution in [0.3, 0.4) is 0 Å². The van der Waals surface area contributed by atoms with Gasteiger partial charge in [-0.3, -0.25) is 10.1 Å². The summed E-state index contributed by atoms with van der Waals surface area (Å²) in [4.78, 5) is 17.5. The molecule has 2 aromatic heterocycles. The minimum absolute atomic E-state index is 0.105. The van der Waals surface area contributed by atoms with E-state index in [1.807, 2.05) is 48.0 Å². The first-order valence-electron chi connectivity index (χ1n) is 7.71. The van der Waals surface area contributed by atoms with Crippen LogP contribution >= 0.6 is 22.7 Å². The van der Waals surface area contributed by atoms with E-state index in [-0.39, 0.29) is 5.91 Å². The molecule has 6 heteroatoms. The van der Waals surface area contributed by atoms with Gasteiger partial charge in [-0.05, 0) is 54.6 Å². The quantitative estimate of drug-likeness (QED) is 0.657. The number of aryl methyl sites for hydroxylation is 1. The molecule has 1 amide bonds. The maximum Gasteiger partial charge on any atom is 0.267 e. The Morgan fingerprint density at radius 3 is 2.67 bits per heavy atom. The van der Waals surface area contributed by atoms with E-state index in [0.717, 1.165) is 33.9 Å². The summed E-state index contributed by atoms with van der Waals surface area (Å²) >= 11 is 2.86. The second-order valence-corrected chi connectivity index (χ2v) is 7.07. The lowest BCUT2D eigenvalue weighted by molar-refractivity contribution is 0.103. The molecule has 3 aromatic rings. The lowest BCUT2D eigenvalue weighted by Crippen LogP contribution is -2.10. The zero-order valence-corrected chi connectivity index (χ0v) is 15.2. The van der Waals surface area contributed by atoms with Gasteiger partial charge >= 0.3 is 0 Å². The molecule has 0 aliphatic heterocycles. The summed E-state index contributed by atoms with van der Waals surface area (Å²) in [7, 11) is 0. The number of carbonyl (C=O) groups excluding carboxylic acids is 1. The molecule has 124 valence electrons. The molecule has 4 nitrogen and oxygen atoms in total. The molecule has 0 saturated carbocycles. The second kappa shape index (κ2) is 7.59. The van der Waals surface area contributed by atoms with Crippen LogP contribution in [0.2, 0.25) is 0 Å². The molecule has 0 unspecified atom stereocenters. The third kappa shape index (κ3) is 3.83. The average Bonchev–Trinajstić information content (AvgIpc) is 3.22. The number of thiazole rings is 1. The van der Waals surface area contributed by atoms with E-state index in [1.165, 1.54) is 22.7 Å². The van der Waals surface area contributed by atoms with Crippen molar-refractivity contribution in [3.05, 3.63) is 51.5 Å². The molecule has 0 atom stereocenters. The first-order chi connectivity index (χ1) is 11.7. The predicted octanol–water partition coefficient (Wildman–Crippen LogP) is 5.22. The van der Waals surface area contributed by atoms with Crippen LogP contribution in [0.15, 0.2) is 41.1 Å². The highest BCUT2D eigenvalue weighted by atomic mass is 32.1. The number of hydrogen-bond acceptors (Lipinski definition) is 5. The van der Waals surface area contributed by atoms with Gasteiger partial charge in [-0.15, -0.1) is 22.7 Å². The monoisotopic (exact) mass is 358 g/mol. The Morgan fingerprint density at radius 2 is 2.00 bits per heavy atom. The number of carbonyl (C=O) groups is 1. The fraction of sp³-hybridized carbons (Fsp3) is 0.222. The third-order valence-corrected chi connectivity index (χ3v) is 5.19. The Balaban J connectivity index is 1.69. The minimum Gasteiger partial charge on any atom is -0.494 e. The molecule has 0 spiro atoms. The lowest BCUT2D eigenvalue weighted by Gasteiger charge is -2.04. The van der Waals surface area contributed by atoms with Crippen LogP contribution in [-0.2, 0) is 0 Å². The molecular formula is C18H18N2O2S2. The smallest absolute Gasteiger partial charge is 0.267 e. The number of thiophene rings is 1. The van der Waals surface area contributed by atoms with Gasteiger partial charge in [-0.1, -0.05) is 6.92 Å². The van der Waals surface area contributed by atoms with E-state index in [9.17, 15) is 4.79 Å². The highest BCUT2D eigenvalue weighted by Gasteiger charge is 2.13. The Hall–Kier alpha value is -2.18. The van der Waals surface area contributed by atoms with Crippen molar-refractivity contribution in [3.8, 4) is 17.0 Å². The largest absolute Gasteiger partial charge is 0.494 e. The number of ether oxygens (including phenoxy) is 1. The van der Waals surface area contributed by atoms with Gasteiger partial charge in [0.05, 0.1) is 17.2 Å². The fourth-order valence-electron chi connectivity index (χ4n) is 2.16. The Kier molecular flexibility index (Phi) is 5.27. The van der Waals surface area contributed by atoms with Gasteiger partial charge < -0.3 is 4.74 Å². The van der Waals surface area contributed by atoms with Crippen LogP contribution in [-0.4, -0.2) is 17.5 Å². The number of aromatic nitrogens is 1. The number of rotatable bonds is 6. The van der Waals surface area contributed by atoms with Crippen molar-refractivity contribution >= 4 is 33.7 Å². The maximum atomic E-state index is 12.2. The molecule has 0 aliphatic carbocycles. The SMILES string of the molecule is CCCOc1ccc(-c2csc(NC(=O)c3sccc3C)n2)cc1. The van der Waals surface area contributed by atoms with Crippen LogP contribution in [0.5, 0.6) is 5.75 Å². The third-order valence-electron chi connectivity index (χ3n) is 3.42. The van der Waals surface area contributed by atoms with Gasteiger partial charge in [0.25, 0.3) is 5.91 Å². The topological polar surface area (TPSA) is 51.2 Å². The molecule has 0 saturated heterocycles. The number of hydrogen-bond donors (Lipinski definition) is 1. The molecule has 2 heterocycles. The summed E-state index contributed by atoms with van der Waals surface area (Å²) in [6.45, 7) is 4.73. The number of benzene rings is 1. The zero-order valence-electron chi connectivity index (χ0n) is 13.5. The Morgan fingerprint density at radius 1 is 1.21 bits per heavy atom. The number of anilines is 1.